The van der Waals surface area contributed by atoms with E-state index in [1.807, 2.05) is 13.8 Å². The fourth-order valence-corrected chi connectivity index (χ4v) is 7.66. The summed E-state index contributed by atoms with van der Waals surface area (Å²) in [7, 11) is 0. The Balaban J connectivity index is 1.66. The molecule has 1 aliphatic heterocycles. The van der Waals surface area contributed by atoms with Crippen LogP contribution in [0.1, 0.15) is 65.5 Å². The molecular formula is C29H35NO9. The highest BCUT2D eigenvalue weighted by molar-refractivity contribution is 5.66. The van der Waals surface area contributed by atoms with Gasteiger partial charge in [0.1, 0.15) is 28.8 Å². The van der Waals surface area contributed by atoms with Crippen molar-refractivity contribution < 1.29 is 38.4 Å². The van der Waals surface area contributed by atoms with Crippen LogP contribution in [0, 0.1) is 22.7 Å². The Bertz CT molecular complexity index is 1340. The summed E-state index contributed by atoms with van der Waals surface area (Å²) in [6.45, 7) is 8.24. The maximum Gasteiger partial charge on any atom is 0.345 e. The van der Waals surface area contributed by atoms with Gasteiger partial charge in [-0.25, -0.2) is 4.79 Å². The van der Waals surface area contributed by atoms with E-state index in [-0.39, 0.29) is 29.6 Å². The number of pyridine rings is 1. The summed E-state index contributed by atoms with van der Waals surface area (Å²) in [5.74, 6) is -1.65. The second-order valence-electron chi connectivity index (χ2n) is 11.9. The van der Waals surface area contributed by atoms with Crippen LogP contribution in [-0.2, 0) is 19.1 Å². The van der Waals surface area contributed by atoms with E-state index >= 15 is 0 Å². The quantitative estimate of drug-likeness (QED) is 0.554. The van der Waals surface area contributed by atoms with Gasteiger partial charge in [-0.05, 0) is 49.7 Å². The van der Waals surface area contributed by atoms with Gasteiger partial charge in [-0.1, -0.05) is 13.8 Å². The number of esters is 2. The number of aromatic nitrogens is 1. The second-order valence-corrected chi connectivity index (χ2v) is 11.9. The number of carbonyl (C=O) groups excluding carboxylic acids is 2. The zero-order chi connectivity index (χ0) is 28.3. The highest BCUT2D eigenvalue weighted by atomic mass is 16.6. The molecule has 2 aromatic heterocycles. The van der Waals surface area contributed by atoms with E-state index < -0.39 is 58.2 Å². The molecule has 210 valence electrons. The summed E-state index contributed by atoms with van der Waals surface area (Å²) in [5, 5.41) is 23.1. The van der Waals surface area contributed by atoms with Crippen LogP contribution in [-0.4, -0.2) is 51.6 Å². The number of nitrogens with zero attached hydrogens (tertiary/aromatic N) is 1. The van der Waals surface area contributed by atoms with Gasteiger partial charge in [-0.15, -0.1) is 0 Å². The molecule has 0 spiro atoms. The van der Waals surface area contributed by atoms with Crippen LogP contribution < -0.4 is 10.4 Å². The van der Waals surface area contributed by atoms with Crippen LogP contribution in [0.15, 0.2) is 39.8 Å². The number of ether oxygens (including phenoxy) is 3. The topological polar surface area (TPSA) is 145 Å². The molecule has 2 aliphatic carbocycles. The number of fused-ring (bicyclic) bond motifs is 4. The number of hydrogen-bond donors (Lipinski definition) is 2. The standard InChI is InChI=1S/C29H35NO9/c1-15(31)36-14-28(4)20-12-22(37-16(2)32)29(5)25(27(20,3)9-8-21(28)33)24(34)23-19(39-29)11-18(38-26(23)35)17-7-6-10-30-13-17/h6-7,10-11,13,20-22,24-25,33-34H,8-9,12,14H2,1-5H3. The normalized spacial score (nSPS) is 36.9. The van der Waals surface area contributed by atoms with Gasteiger partial charge in [0.25, 0.3) is 0 Å². The lowest BCUT2D eigenvalue weighted by atomic mass is 9.42. The zero-order valence-corrected chi connectivity index (χ0v) is 22.8. The average molecular weight is 542 g/mol. The third-order valence-electron chi connectivity index (χ3n) is 9.46. The minimum atomic E-state index is -1.31. The number of hydrogen-bond acceptors (Lipinski definition) is 10. The lowest BCUT2D eigenvalue weighted by Gasteiger charge is -2.66. The van der Waals surface area contributed by atoms with Crippen LogP contribution in [0.2, 0.25) is 0 Å². The van der Waals surface area contributed by atoms with Gasteiger partial charge in [-0.3, -0.25) is 14.6 Å². The highest BCUT2D eigenvalue weighted by Crippen LogP contribution is 2.67. The van der Waals surface area contributed by atoms with Crippen LogP contribution in [0.3, 0.4) is 0 Å². The first kappa shape index (κ1) is 27.3. The summed E-state index contributed by atoms with van der Waals surface area (Å²) in [5.41, 5.74) is -2.96. The Morgan fingerprint density at radius 1 is 1.18 bits per heavy atom. The molecule has 39 heavy (non-hydrogen) atoms. The molecule has 2 saturated carbocycles. The first-order valence-electron chi connectivity index (χ1n) is 13.3. The summed E-state index contributed by atoms with van der Waals surface area (Å²) in [4.78, 5) is 41.4. The van der Waals surface area contributed by atoms with Gasteiger partial charge in [0, 0.05) is 49.2 Å². The first-order valence-corrected chi connectivity index (χ1v) is 13.3. The minimum absolute atomic E-state index is 0.00127. The number of rotatable bonds is 4. The zero-order valence-electron chi connectivity index (χ0n) is 22.8. The smallest absolute Gasteiger partial charge is 0.345 e. The Labute approximate surface area is 226 Å². The summed E-state index contributed by atoms with van der Waals surface area (Å²) < 4.78 is 23.5. The van der Waals surface area contributed by atoms with Crippen molar-refractivity contribution in [1.82, 2.24) is 4.98 Å². The maximum atomic E-state index is 13.3. The molecule has 8 unspecified atom stereocenters. The molecule has 0 amide bonds. The van der Waals surface area contributed by atoms with E-state index in [9.17, 15) is 24.6 Å². The molecule has 8 atom stereocenters. The molecule has 2 aromatic rings. The van der Waals surface area contributed by atoms with Crippen LogP contribution in [0.5, 0.6) is 5.75 Å². The summed E-state index contributed by atoms with van der Waals surface area (Å²) >= 11 is 0. The third kappa shape index (κ3) is 4.24. The second kappa shape index (κ2) is 9.45. The van der Waals surface area contributed by atoms with Crippen molar-refractivity contribution in [1.29, 1.82) is 0 Å². The van der Waals surface area contributed by atoms with Gasteiger partial charge >= 0.3 is 17.6 Å². The van der Waals surface area contributed by atoms with E-state index in [4.69, 9.17) is 18.6 Å². The Morgan fingerprint density at radius 2 is 1.92 bits per heavy atom. The van der Waals surface area contributed by atoms with Gasteiger partial charge in [0.15, 0.2) is 0 Å². The minimum Gasteiger partial charge on any atom is -0.482 e. The van der Waals surface area contributed by atoms with Crippen molar-refractivity contribution in [3.8, 4) is 17.1 Å². The number of aliphatic hydroxyl groups excluding tert-OH is 2. The molecule has 0 aromatic carbocycles. The molecule has 10 nitrogen and oxygen atoms in total. The van der Waals surface area contributed by atoms with E-state index in [2.05, 4.69) is 4.98 Å². The predicted octanol–water partition coefficient (Wildman–Crippen LogP) is 3.18. The van der Waals surface area contributed by atoms with Crippen molar-refractivity contribution in [2.75, 3.05) is 6.61 Å². The van der Waals surface area contributed by atoms with Crippen LogP contribution in [0.25, 0.3) is 11.3 Å². The van der Waals surface area contributed by atoms with Crippen molar-refractivity contribution in [3.63, 3.8) is 0 Å². The molecule has 10 heteroatoms. The van der Waals surface area contributed by atoms with Crippen LogP contribution >= 0.6 is 0 Å². The molecule has 2 N–H and O–H groups in total. The van der Waals surface area contributed by atoms with E-state index in [0.717, 1.165) is 0 Å². The molecule has 0 radical (unpaired) electrons. The predicted molar refractivity (Wildman–Crippen MR) is 137 cm³/mol. The van der Waals surface area contributed by atoms with Gasteiger partial charge in [-0.2, -0.15) is 0 Å². The van der Waals surface area contributed by atoms with E-state index in [0.29, 0.717) is 24.8 Å². The molecule has 3 aliphatic rings. The maximum absolute atomic E-state index is 13.3. The fourth-order valence-electron chi connectivity index (χ4n) is 7.66. The third-order valence-corrected chi connectivity index (χ3v) is 9.46. The van der Waals surface area contributed by atoms with Gasteiger partial charge < -0.3 is 28.8 Å². The molecule has 0 bridgehead atoms. The van der Waals surface area contributed by atoms with E-state index in [1.54, 1.807) is 37.5 Å². The molecule has 3 heterocycles. The average Bonchev–Trinajstić information content (AvgIpc) is 2.86. The lowest BCUT2D eigenvalue weighted by molar-refractivity contribution is -0.269. The van der Waals surface area contributed by atoms with Gasteiger partial charge in [0.05, 0.1) is 18.8 Å². The van der Waals surface area contributed by atoms with Crippen molar-refractivity contribution in [2.24, 2.45) is 22.7 Å². The lowest BCUT2D eigenvalue weighted by Crippen LogP contribution is -2.71. The first-order chi connectivity index (χ1) is 18.3. The highest BCUT2D eigenvalue weighted by Gasteiger charge is 2.70. The van der Waals surface area contributed by atoms with Crippen molar-refractivity contribution in [2.45, 2.75) is 77.8 Å². The molecular weight excluding hydrogens is 506 g/mol. The Morgan fingerprint density at radius 3 is 2.56 bits per heavy atom. The monoisotopic (exact) mass is 541 g/mol. The van der Waals surface area contributed by atoms with Gasteiger partial charge in [0.2, 0.25) is 0 Å². The summed E-state index contributed by atoms with van der Waals surface area (Å²) in [6, 6.07) is 5.02. The molecule has 0 saturated heterocycles. The van der Waals surface area contributed by atoms with Crippen LogP contribution in [0.4, 0.5) is 0 Å². The fraction of sp³-hybridized carbons (Fsp3) is 0.586. The molecule has 5 rings (SSSR count). The Kier molecular flexibility index (Phi) is 6.62. The van der Waals surface area contributed by atoms with Crippen molar-refractivity contribution in [3.05, 3.63) is 46.6 Å². The SMILES string of the molecule is CC(=O)OCC1(C)C(O)CCC2(C)C1CC(OC(C)=O)C1(C)Oc3cc(-c4cccnc4)oc(=O)c3C(O)C21. The number of carbonyl (C=O) groups is 2. The van der Waals surface area contributed by atoms with E-state index in [1.165, 1.54) is 13.8 Å². The number of aliphatic hydroxyl groups is 2. The largest absolute Gasteiger partial charge is 0.482 e. The summed E-state index contributed by atoms with van der Waals surface area (Å²) in [6.07, 6.45) is 1.44. The van der Waals surface area contributed by atoms with Crippen molar-refractivity contribution >= 4 is 11.9 Å². The Hall–Kier alpha value is -3.24. The molecule has 2 fully saturated rings.